The van der Waals surface area contributed by atoms with Crippen LogP contribution in [0.15, 0.2) is 24.4 Å². The Morgan fingerprint density at radius 2 is 1.71 bits per heavy atom. The van der Waals surface area contributed by atoms with Crippen LogP contribution in [0.4, 0.5) is 5.69 Å². The summed E-state index contributed by atoms with van der Waals surface area (Å²) in [5.74, 6) is -0.605. The van der Waals surface area contributed by atoms with E-state index in [4.69, 9.17) is 0 Å². The van der Waals surface area contributed by atoms with Crippen LogP contribution in [0.25, 0.3) is 0 Å². The summed E-state index contributed by atoms with van der Waals surface area (Å²) in [5, 5.41) is 9.29. The first-order valence-corrected chi connectivity index (χ1v) is 6.56. The molecule has 0 radical (unpaired) electrons. The highest BCUT2D eigenvalue weighted by Gasteiger charge is 2.17. The van der Waals surface area contributed by atoms with Gasteiger partial charge in [-0.1, -0.05) is 17.2 Å². The maximum absolute atomic E-state index is 12.3. The van der Waals surface area contributed by atoms with E-state index in [0.717, 1.165) is 11.1 Å². The summed E-state index contributed by atoms with van der Waals surface area (Å²) in [6.45, 7) is 3.87. The molecule has 0 fully saturated rings. The molecule has 1 aromatic heterocycles. The SMILES string of the molecule is CNC(=O)c1nn(C)cc1NC(=O)c1cc(C)cc(C)c1. The van der Waals surface area contributed by atoms with E-state index in [1.807, 2.05) is 19.9 Å². The second-order valence-electron chi connectivity index (χ2n) is 4.97. The zero-order chi connectivity index (χ0) is 15.6. The topological polar surface area (TPSA) is 76.0 Å². The molecule has 0 aliphatic carbocycles. The summed E-state index contributed by atoms with van der Waals surface area (Å²) >= 11 is 0. The number of aromatic nitrogens is 2. The van der Waals surface area contributed by atoms with Gasteiger partial charge in [0.15, 0.2) is 5.69 Å². The zero-order valence-corrected chi connectivity index (χ0v) is 12.5. The van der Waals surface area contributed by atoms with Crippen LogP contribution in [0.2, 0.25) is 0 Å². The zero-order valence-electron chi connectivity index (χ0n) is 12.5. The van der Waals surface area contributed by atoms with Crippen LogP contribution in [0.5, 0.6) is 0 Å². The van der Waals surface area contributed by atoms with Gasteiger partial charge in [-0.25, -0.2) is 0 Å². The van der Waals surface area contributed by atoms with Gasteiger partial charge in [0.1, 0.15) is 0 Å². The molecule has 2 amide bonds. The molecule has 6 nitrogen and oxygen atoms in total. The summed E-state index contributed by atoms with van der Waals surface area (Å²) in [4.78, 5) is 24.0. The number of aryl methyl sites for hydroxylation is 3. The van der Waals surface area contributed by atoms with Crippen LogP contribution in [0.1, 0.15) is 32.0 Å². The number of nitrogens with zero attached hydrogens (tertiary/aromatic N) is 2. The number of hydrogen-bond donors (Lipinski definition) is 2. The monoisotopic (exact) mass is 286 g/mol. The van der Waals surface area contributed by atoms with E-state index in [1.165, 1.54) is 11.7 Å². The average Bonchev–Trinajstić information content (AvgIpc) is 2.77. The highest BCUT2D eigenvalue weighted by Crippen LogP contribution is 2.16. The lowest BCUT2D eigenvalue weighted by atomic mass is 10.1. The molecule has 1 heterocycles. The summed E-state index contributed by atoms with van der Waals surface area (Å²) in [6, 6.07) is 5.60. The van der Waals surface area contributed by atoms with E-state index in [2.05, 4.69) is 15.7 Å². The Bertz CT molecular complexity index is 683. The van der Waals surface area contributed by atoms with E-state index in [-0.39, 0.29) is 17.5 Å². The van der Waals surface area contributed by atoms with E-state index < -0.39 is 0 Å². The number of amides is 2. The molecule has 2 aromatic rings. The first-order valence-electron chi connectivity index (χ1n) is 6.56. The second-order valence-corrected chi connectivity index (χ2v) is 4.97. The predicted molar refractivity (Wildman–Crippen MR) is 80.5 cm³/mol. The Morgan fingerprint density at radius 3 is 2.29 bits per heavy atom. The molecule has 110 valence electrons. The van der Waals surface area contributed by atoms with E-state index in [1.54, 1.807) is 25.4 Å². The highest BCUT2D eigenvalue weighted by molar-refractivity contribution is 6.08. The fourth-order valence-corrected chi connectivity index (χ4v) is 2.17. The fraction of sp³-hybridized carbons (Fsp3) is 0.267. The smallest absolute Gasteiger partial charge is 0.273 e. The number of hydrogen-bond acceptors (Lipinski definition) is 3. The summed E-state index contributed by atoms with van der Waals surface area (Å²) < 4.78 is 1.49. The minimum absolute atomic E-state index is 0.192. The Labute approximate surface area is 123 Å². The molecule has 0 aliphatic rings. The van der Waals surface area contributed by atoms with Gasteiger partial charge in [0, 0.05) is 25.9 Å². The number of rotatable bonds is 3. The van der Waals surface area contributed by atoms with Gasteiger partial charge in [-0.3, -0.25) is 14.3 Å². The van der Waals surface area contributed by atoms with Crippen LogP contribution in [-0.4, -0.2) is 28.6 Å². The molecule has 0 saturated carbocycles. The minimum Gasteiger partial charge on any atom is -0.354 e. The number of carbonyl (C=O) groups is 2. The first-order chi connectivity index (χ1) is 9.90. The molecular formula is C15H18N4O2. The predicted octanol–water partition coefficient (Wildman–Crippen LogP) is 1.65. The normalized spacial score (nSPS) is 10.3. The van der Waals surface area contributed by atoms with Crippen LogP contribution in [0, 0.1) is 13.8 Å². The third-order valence-corrected chi connectivity index (χ3v) is 3.00. The molecule has 6 heteroatoms. The van der Waals surface area contributed by atoms with Gasteiger partial charge in [-0.05, 0) is 26.0 Å². The van der Waals surface area contributed by atoms with E-state index >= 15 is 0 Å². The van der Waals surface area contributed by atoms with Crippen molar-refractivity contribution >= 4 is 17.5 Å². The quantitative estimate of drug-likeness (QED) is 0.900. The molecule has 2 N–H and O–H groups in total. The van der Waals surface area contributed by atoms with Crippen LogP contribution < -0.4 is 10.6 Å². The lowest BCUT2D eigenvalue weighted by Crippen LogP contribution is -2.21. The second kappa shape index (κ2) is 5.78. The number of carbonyl (C=O) groups excluding carboxylic acids is 2. The molecule has 1 aromatic carbocycles. The molecule has 0 bridgehead atoms. The van der Waals surface area contributed by atoms with E-state index in [9.17, 15) is 9.59 Å². The molecule has 0 unspecified atom stereocenters. The molecule has 0 aliphatic heterocycles. The lowest BCUT2D eigenvalue weighted by Gasteiger charge is -2.06. The summed E-state index contributed by atoms with van der Waals surface area (Å²) in [5.41, 5.74) is 3.16. The third-order valence-electron chi connectivity index (χ3n) is 3.00. The van der Waals surface area contributed by atoms with Gasteiger partial charge in [0.2, 0.25) is 0 Å². The molecule has 0 atom stereocenters. The minimum atomic E-state index is -0.341. The molecule has 2 rings (SSSR count). The van der Waals surface area contributed by atoms with Crippen molar-refractivity contribution in [3.8, 4) is 0 Å². The maximum atomic E-state index is 12.3. The number of anilines is 1. The van der Waals surface area contributed by atoms with Gasteiger partial charge in [-0.15, -0.1) is 0 Å². The summed E-state index contributed by atoms with van der Waals surface area (Å²) in [6.07, 6.45) is 1.60. The standard InChI is InChI=1S/C15H18N4O2/c1-9-5-10(2)7-11(6-9)14(20)17-12-8-19(4)18-13(12)15(21)16-3/h5-8H,1-4H3,(H,16,21)(H,17,20). The van der Waals surface area contributed by atoms with Gasteiger partial charge >= 0.3 is 0 Å². The number of nitrogens with one attached hydrogen (secondary N) is 2. The van der Waals surface area contributed by atoms with Crippen molar-refractivity contribution in [3.63, 3.8) is 0 Å². The molecule has 0 spiro atoms. The van der Waals surface area contributed by atoms with E-state index in [0.29, 0.717) is 11.3 Å². The van der Waals surface area contributed by atoms with Crippen molar-refractivity contribution in [2.24, 2.45) is 7.05 Å². The van der Waals surface area contributed by atoms with Crippen molar-refractivity contribution in [3.05, 3.63) is 46.8 Å². The summed E-state index contributed by atoms with van der Waals surface area (Å²) in [7, 11) is 3.21. The third kappa shape index (κ3) is 3.28. The number of benzene rings is 1. The van der Waals surface area contributed by atoms with Crippen LogP contribution >= 0.6 is 0 Å². The first kappa shape index (κ1) is 14.8. The van der Waals surface area contributed by atoms with Gasteiger partial charge < -0.3 is 10.6 Å². The molecule has 0 saturated heterocycles. The van der Waals surface area contributed by atoms with Crippen LogP contribution in [0.3, 0.4) is 0 Å². The lowest BCUT2D eigenvalue weighted by molar-refractivity contribution is 0.0958. The fourth-order valence-electron chi connectivity index (χ4n) is 2.17. The largest absolute Gasteiger partial charge is 0.354 e. The Kier molecular flexibility index (Phi) is 4.07. The Morgan fingerprint density at radius 1 is 1.10 bits per heavy atom. The van der Waals surface area contributed by atoms with Gasteiger partial charge in [0.05, 0.1) is 5.69 Å². The van der Waals surface area contributed by atoms with Crippen LogP contribution in [-0.2, 0) is 7.05 Å². The highest BCUT2D eigenvalue weighted by atomic mass is 16.2. The molecule has 21 heavy (non-hydrogen) atoms. The van der Waals surface area contributed by atoms with Crippen molar-refractivity contribution in [1.29, 1.82) is 0 Å². The van der Waals surface area contributed by atoms with Gasteiger partial charge in [0.25, 0.3) is 11.8 Å². The Balaban J connectivity index is 2.29. The van der Waals surface area contributed by atoms with Gasteiger partial charge in [-0.2, -0.15) is 5.10 Å². The Hall–Kier alpha value is -2.63. The molecular weight excluding hydrogens is 268 g/mol. The maximum Gasteiger partial charge on any atom is 0.273 e. The van der Waals surface area contributed by atoms with Crippen molar-refractivity contribution in [1.82, 2.24) is 15.1 Å². The van der Waals surface area contributed by atoms with Crippen molar-refractivity contribution in [2.75, 3.05) is 12.4 Å². The van der Waals surface area contributed by atoms with Crippen molar-refractivity contribution in [2.45, 2.75) is 13.8 Å². The van der Waals surface area contributed by atoms with Crippen molar-refractivity contribution < 1.29 is 9.59 Å². The average molecular weight is 286 g/mol.